The molecule has 0 saturated carbocycles. The lowest BCUT2D eigenvalue weighted by atomic mass is 9.56. The number of fused-ring (bicyclic) bond motifs is 1. The molecule has 104 valence electrons. The predicted octanol–water partition coefficient (Wildman–Crippen LogP) is 4.71. The monoisotopic (exact) mass is 258 g/mol. The largest absolute Gasteiger partial charge is 0.299 e. The zero-order valence-electron chi connectivity index (χ0n) is 13.3. The second-order valence-electron chi connectivity index (χ2n) is 7.37. The predicted molar refractivity (Wildman–Crippen MR) is 80.8 cm³/mol. The van der Waals surface area contributed by atoms with E-state index < -0.39 is 0 Å². The third kappa shape index (κ3) is 2.13. The Hall–Kier alpha value is -1.11. The van der Waals surface area contributed by atoms with Crippen LogP contribution in [0.3, 0.4) is 0 Å². The van der Waals surface area contributed by atoms with Crippen LogP contribution in [0.2, 0.25) is 0 Å². The molecule has 1 heteroatoms. The molecule has 2 atom stereocenters. The van der Waals surface area contributed by atoms with Gasteiger partial charge in [0.05, 0.1) is 5.92 Å². The number of hydrogen-bond donors (Lipinski definition) is 0. The summed E-state index contributed by atoms with van der Waals surface area (Å²) in [6.45, 7) is 15.2. The fourth-order valence-corrected chi connectivity index (χ4v) is 3.58. The molecule has 0 aliphatic heterocycles. The molecule has 0 aromatic heterocycles. The highest BCUT2D eigenvalue weighted by Crippen LogP contribution is 2.54. The van der Waals surface area contributed by atoms with Crippen LogP contribution >= 0.6 is 0 Å². The second-order valence-corrected chi connectivity index (χ2v) is 7.37. The van der Waals surface area contributed by atoms with E-state index >= 15 is 0 Å². The van der Waals surface area contributed by atoms with Crippen molar-refractivity contribution in [3.8, 4) is 0 Å². The van der Waals surface area contributed by atoms with Gasteiger partial charge < -0.3 is 0 Å². The summed E-state index contributed by atoms with van der Waals surface area (Å²) in [5.41, 5.74) is 4.26. The SMILES string of the molecule is CC(=O)C1C=C2C(C=C1C)C(C)(C)C(C)=CC2(C)C. The summed E-state index contributed by atoms with van der Waals surface area (Å²) in [5.74, 6) is 0.649. The summed E-state index contributed by atoms with van der Waals surface area (Å²) in [4.78, 5) is 11.8. The quantitative estimate of drug-likeness (QED) is 0.623. The zero-order valence-corrected chi connectivity index (χ0v) is 13.3. The molecule has 0 aromatic rings. The van der Waals surface area contributed by atoms with Gasteiger partial charge in [-0.05, 0) is 26.2 Å². The summed E-state index contributed by atoms with van der Waals surface area (Å²) >= 11 is 0. The van der Waals surface area contributed by atoms with Crippen LogP contribution in [0.4, 0.5) is 0 Å². The minimum absolute atomic E-state index is 0.0202. The molecule has 0 saturated heterocycles. The van der Waals surface area contributed by atoms with Crippen LogP contribution in [0.15, 0.2) is 34.9 Å². The molecule has 0 heterocycles. The first kappa shape index (κ1) is 14.3. The van der Waals surface area contributed by atoms with Crippen molar-refractivity contribution >= 4 is 5.78 Å². The van der Waals surface area contributed by atoms with Crippen LogP contribution < -0.4 is 0 Å². The molecule has 0 spiro atoms. The molecule has 0 fully saturated rings. The summed E-state index contributed by atoms with van der Waals surface area (Å²) in [7, 11) is 0. The highest BCUT2D eigenvalue weighted by Gasteiger charge is 2.44. The van der Waals surface area contributed by atoms with Crippen LogP contribution in [-0.4, -0.2) is 5.78 Å². The van der Waals surface area contributed by atoms with Crippen LogP contribution in [-0.2, 0) is 4.79 Å². The standard InChI is InChI=1S/C18H26O/c1-11-8-16-15(9-14(11)13(3)19)17(4,5)10-12(2)18(16,6)7/h8-10,14,16H,1-7H3. The van der Waals surface area contributed by atoms with Gasteiger partial charge in [-0.25, -0.2) is 0 Å². The molecule has 2 aliphatic carbocycles. The van der Waals surface area contributed by atoms with Crippen molar-refractivity contribution in [2.45, 2.75) is 48.5 Å². The first-order chi connectivity index (χ1) is 8.57. The van der Waals surface area contributed by atoms with Gasteiger partial charge in [0.25, 0.3) is 0 Å². The van der Waals surface area contributed by atoms with Gasteiger partial charge in [-0.15, -0.1) is 0 Å². The fourth-order valence-electron chi connectivity index (χ4n) is 3.58. The number of carbonyl (C=O) groups excluding carboxylic acids is 1. The van der Waals surface area contributed by atoms with Gasteiger partial charge in [0.15, 0.2) is 0 Å². The van der Waals surface area contributed by atoms with Gasteiger partial charge in [-0.2, -0.15) is 0 Å². The third-order valence-corrected chi connectivity index (χ3v) is 5.15. The van der Waals surface area contributed by atoms with E-state index in [1.165, 1.54) is 16.7 Å². The number of carbonyl (C=O) groups is 1. The maximum Gasteiger partial charge on any atom is 0.140 e. The maximum atomic E-state index is 11.8. The number of hydrogen-bond acceptors (Lipinski definition) is 1. The lowest BCUT2D eigenvalue weighted by Crippen LogP contribution is -2.38. The molecule has 0 N–H and O–H groups in total. The van der Waals surface area contributed by atoms with E-state index in [4.69, 9.17) is 0 Å². The maximum absolute atomic E-state index is 11.8. The summed E-state index contributed by atoms with van der Waals surface area (Å²) < 4.78 is 0. The van der Waals surface area contributed by atoms with Crippen molar-refractivity contribution in [2.75, 3.05) is 0 Å². The first-order valence-electron chi connectivity index (χ1n) is 7.18. The Morgan fingerprint density at radius 1 is 1.11 bits per heavy atom. The second kappa shape index (κ2) is 4.19. The van der Waals surface area contributed by atoms with Crippen molar-refractivity contribution in [2.24, 2.45) is 22.7 Å². The Morgan fingerprint density at radius 2 is 1.68 bits per heavy atom. The van der Waals surface area contributed by atoms with Crippen LogP contribution in [0, 0.1) is 22.7 Å². The molecule has 0 bridgehead atoms. The number of Topliss-reactive ketones (excluding diaryl/α,β-unsaturated/α-hetero) is 1. The number of rotatable bonds is 1. The molecule has 19 heavy (non-hydrogen) atoms. The first-order valence-corrected chi connectivity index (χ1v) is 7.18. The van der Waals surface area contributed by atoms with E-state index in [0.29, 0.717) is 5.92 Å². The lowest BCUT2D eigenvalue weighted by Gasteiger charge is -2.48. The molecule has 0 radical (unpaired) electrons. The van der Waals surface area contributed by atoms with Crippen molar-refractivity contribution < 1.29 is 4.79 Å². The number of ketones is 1. The van der Waals surface area contributed by atoms with E-state index in [0.717, 1.165) is 0 Å². The lowest BCUT2D eigenvalue weighted by molar-refractivity contribution is -0.118. The Labute approximate surface area is 117 Å². The molecule has 1 nitrogen and oxygen atoms in total. The molecular weight excluding hydrogens is 232 g/mol. The Balaban J connectivity index is 2.61. The molecule has 0 amide bonds. The van der Waals surface area contributed by atoms with Crippen LogP contribution in [0.5, 0.6) is 0 Å². The van der Waals surface area contributed by atoms with Gasteiger partial charge in [0.1, 0.15) is 5.78 Å². The zero-order chi connectivity index (χ0) is 14.6. The van der Waals surface area contributed by atoms with Crippen molar-refractivity contribution in [1.82, 2.24) is 0 Å². The minimum atomic E-state index is -0.0202. The Bertz CT molecular complexity index is 512. The smallest absolute Gasteiger partial charge is 0.140 e. The van der Waals surface area contributed by atoms with E-state index in [1.807, 2.05) is 0 Å². The number of allylic oxidation sites excluding steroid dienone is 6. The van der Waals surface area contributed by atoms with Crippen LogP contribution in [0.1, 0.15) is 48.5 Å². The summed E-state index contributed by atoms with van der Waals surface area (Å²) in [6.07, 6.45) is 6.94. The molecule has 2 unspecified atom stereocenters. The molecular formula is C18H26O. The van der Waals surface area contributed by atoms with E-state index in [2.05, 4.69) is 59.8 Å². The average Bonchev–Trinajstić information content (AvgIpc) is 2.25. The van der Waals surface area contributed by atoms with Crippen molar-refractivity contribution in [3.05, 3.63) is 34.9 Å². The summed E-state index contributed by atoms with van der Waals surface area (Å²) in [5, 5.41) is 0. The van der Waals surface area contributed by atoms with Gasteiger partial charge in [-0.1, -0.05) is 62.6 Å². The Morgan fingerprint density at radius 3 is 2.21 bits per heavy atom. The van der Waals surface area contributed by atoms with Gasteiger partial charge in [0.2, 0.25) is 0 Å². The van der Waals surface area contributed by atoms with Crippen LogP contribution in [0.25, 0.3) is 0 Å². The van der Waals surface area contributed by atoms with Crippen molar-refractivity contribution in [1.29, 1.82) is 0 Å². The third-order valence-electron chi connectivity index (χ3n) is 5.15. The van der Waals surface area contributed by atoms with E-state index in [9.17, 15) is 4.79 Å². The van der Waals surface area contributed by atoms with E-state index in [1.54, 1.807) is 6.92 Å². The normalized spacial score (nSPS) is 31.8. The van der Waals surface area contributed by atoms with Gasteiger partial charge in [-0.3, -0.25) is 4.79 Å². The summed E-state index contributed by atoms with van der Waals surface area (Å²) in [6, 6.07) is 0. The topological polar surface area (TPSA) is 17.1 Å². The van der Waals surface area contributed by atoms with E-state index in [-0.39, 0.29) is 22.5 Å². The molecule has 2 aliphatic rings. The highest BCUT2D eigenvalue weighted by molar-refractivity contribution is 5.83. The highest BCUT2D eigenvalue weighted by atomic mass is 16.1. The fraction of sp³-hybridized carbons (Fsp3) is 0.611. The minimum Gasteiger partial charge on any atom is -0.299 e. The van der Waals surface area contributed by atoms with Gasteiger partial charge >= 0.3 is 0 Å². The Kier molecular flexibility index (Phi) is 3.16. The molecule has 2 rings (SSSR count). The van der Waals surface area contributed by atoms with Crippen molar-refractivity contribution in [3.63, 3.8) is 0 Å². The average molecular weight is 258 g/mol. The molecule has 0 aromatic carbocycles. The van der Waals surface area contributed by atoms with Gasteiger partial charge in [0, 0.05) is 11.3 Å².